The van der Waals surface area contributed by atoms with Crippen molar-refractivity contribution in [3.8, 4) is 0 Å². The Hall–Kier alpha value is -0.860. The van der Waals surface area contributed by atoms with Crippen molar-refractivity contribution in [3.63, 3.8) is 0 Å². The molecule has 0 aromatic heterocycles. The standard InChI is InChI=1S/C7H13NO2/c1-3-5(7(9)10)6(8)4-2/h5,8H,3-4H2,1-2H3,(H,9,10)/t5-/m1/s1. The van der Waals surface area contributed by atoms with Gasteiger partial charge in [-0.1, -0.05) is 13.8 Å². The van der Waals surface area contributed by atoms with Crippen LogP contribution in [0.15, 0.2) is 0 Å². The maximum Gasteiger partial charge on any atom is 0.312 e. The van der Waals surface area contributed by atoms with Gasteiger partial charge in [-0.05, 0) is 12.8 Å². The van der Waals surface area contributed by atoms with Crippen LogP contribution in [0.5, 0.6) is 0 Å². The molecule has 3 heteroatoms. The van der Waals surface area contributed by atoms with E-state index in [9.17, 15) is 4.79 Å². The molecule has 0 saturated carbocycles. The third-order valence-corrected chi connectivity index (χ3v) is 1.51. The van der Waals surface area contributed by atoms with Crippen molar-refractivity contribution in [2.24, 2.45) is 5.92 Å². The first-order valence-corrected chi connectivity index (χ1v) is 3.43. The summed E-state index contributed by atoms with van der Waals surface area (Å²) in [7, 11) is 0. The molecule has 0 heterocycles. The van der Waals surface area contributed by atoms with Gasteiger partial charge in [0.2, 0.25) is 0 Å². The maximum absolute atomic E-state index is 10.4. The van der Waals surface area contributed by atoms with Crippen molar-refractivity contribution >= 4 is 11.7 Å². The number of rotatable bonds is 4. The maximum atomic E-state index is 10.4. The van der Waals surface area contributed by atoms with Gasteiger partial charge in [0, 0.05) is 5.71 Å². The highest BCUT2D eigenvalue weighted by Crippen LogP contribution is 2.06. The van der Waals surface area contributed by atoms with E-state index in [1.807, 2.05) is 0 Å². The summed E-state index contributed by atoms with van der Waals surface area (Å²) >= 11 is 0. The Labute approximate surface area is 60.6 Å². The number of carboxylic acids is 1. The lowest BCUT2D eigenvalue weighted by atomic mass is 9.99. The Morgan fingerprint density at radius 2 is 2.10 bits per heavy atom. The molecule has 0 fully saturated rings. The number of carboxylic acid groups (broad SMARTS) is 1. The molecule has 0 saturated heterocycles. The minimum absolute atomic E-state index is 0.315. The third kappa shape index (κ3) is 2.17. The summed E-state index contributed by atoms with van der Waals surface area (Å²) in [6.07, 6.45) is 1.05. The molecule has 10 heavy (non-hydrogen) atoms. The smallest absolute Gasteiger partial charge is 0.312 e. The van der Waals surface area contributed by atoms with E-state index in [1.54, 1.807) is 13.8 Å². The van der Waals surface area contributed by atoms with E-state index in [0.29, 0.717) is 18.6 Å². The molecule has 58 valence electrons. The molecule has 2 N–H and O–H groups in total. The van der Waals surface area contributed by atoms with E-state index in [2.05, 4.69) is 0 Å². The second-order valence-electron chi connectivity index (χ2n) is 2.18. The summed E-state index contributed by atoms with van der Waals surface area (Å²) in [4.78, 5) is 10.4. The van der Waals surface area contributed by atoms with Gasteiger partial charge < -0.3 is 10.5 Å². The zero-order chi connectivity index (χ0) is 8.15. The van der Waals surface area contributed by atoms with Crippen LogP contribution in [0.2, 0.25) is 0 Å². The van der Waals surface area contributed by atoms with Crippen LogP contribution in [-0.4, -0.2) is 16.8 Å². The van der Waals surface area contributed by atoms with Crippen molar-refractivity contribution in [2.45, 2.75) is 26.7 Å². The largest absolute Gasteiger partial charge is 0.481 e. The van der Waals surface area contributed by atoms with E-state index in [-0.39, 0.29) is 0 Å². The van der Waals surface area contributed by atoms with Gasteiger partial charge in [-0.3, -0.25) is 4.79 Å². The second kappa shape index (κ2) is 4.04. The SMILES string of the molecule is CCC(=N)[C@@H](CC)C(=O)O. The Morgan fingerprint density at radius 1 is 1.60 bits per heavy atom. The van der Waals surface area contributed by atoms with Gasteiger partial charge in [-0.2, -0.15) is 0 Å². The minimum atomic E-state index is -0.880. The van der Waals surface area contributed by atoms with Crippen molar-refractivity contribution in [1.82, 2.24) is 0 Å². The molecule has 0 radical (unpaired) electrons. The van der Waals surface area contributed by atoms with Crippen molar-refractivity contribution < 1.29 is 9.90 Å². The first-order chi connectivity index (χ1) is 4.63. The summed E-state index contributed by atoms with van der Waals surface area (Å²) in [5, 5.41) is 15.8. The molecule has 0 aliphatic heterocycles. The minimum Gasteiger partial charge on any atom is -0.481 e. The lowest BCUT2D eigenvalue weighted by Crippen LogP contribution is -2.21. The van der Waals surface area contributed by atoms with E-state index >= 15 is 0 Å². The van der Waals surface area contributed by atoms with Crippen LogP contribution < -0.4 is 0 Å². The van der Waals surface area contributed by atoms with Gasteiger partial charge in [-0.15, -0.1) is 0 Å². The highest BCUT2D eigenvalue weighted by molar-refractivity contribution is 5.99. The summed E-state index contributed by atoms with van der Waals surface area (Å²) in [5.74, 6) is -1.45. The fourth-order valence-electron chi connectivity index (χ4n) is 0.816. The lowest BCUT2D eigenvalue weighted by Gasteiger charge is -2.08. The molecule has 0 amide bonds. The topological polar surface area (TPSA) is 61.2 Å². The number of nitrogens with one attached hydrogen (secondary N) is 1. The molecule has 0 aromatic rings. The van der Waals surface area contributed by atoms with E-state index in [1.165, 1.54) is 0 Å². The Balaban J connectivity index is 4.06. The highest BCUT2D eigenvalue weighted by Gasteiger charge is 2.18. The van der Waals surface area contributed by atoms with Crippen LogP contribution in [0.1, 0.15) is 26.7 Å². The van der Waals surface area contributed by atoms with Crippen molar-refractivity contribution in [1.29, 1.82) is 5.41 Å². The van der Waals surface area contributed by atoms with Crippen molar-refractivity contribution in [3.05, 3.63) is 0 Å². The van der Waals surface area contributed by atoms with Gasteiger partial charge >= 0.3 is 5.97 Å². The average molecular weight is 143 g/mol. The molecule has 0 rings (SSSR count). The second-order valence-corrected chi connectivity index (χ2v) is 2.18. The molecule has 0 bridgehead atoms. The normalized spacial score (nSPS) is 12.6. The molecule has 0 aromatic carbocycles. The average Bonchev–Trinajstić information content (AvgIpc) is 1.88. The van der Waals surface area contributed by atoms with E-state index in [4.69, 9.17) is 10.5 Å². The predicted molar refractivity (Wildman–Crippen MR) is 39.4 cm³/mol. The Morgan fingerprint density at radius 3 is 2.20 bits per heavy atom. The van der Waals surface area contributed by atoms with E-state index in [0.717, 1.165) is 0 Å². The van der Waals surface area contributed by atoms with Crippen LogP contribution in [0.4, 0.5) is 0 Å². The van der Waals surface area contributed by atoms with Gasteiger partial charge in [0.25, 0.3) is 0 Å². The van der Waals surface area contributed by atoms with Crippen LogP contribution >= 0.6 is 0 Å². The number of hydrogen-bond acceptors (Lipinski definition) is 2. The number of hydrogen-bond donors (Lipinski definition) is 2. The fourth-order valence-corrected chi connectivity index (χ4v) is 0.816. The first-order valence-electron chi connectivity index (χ1n) is 3.43. The molecular formula is C7H13NO2. The molecular weight excluding hydrogens is 130 g/mol. The Bertz CT molecular complexity index is 143. The summed E-state index contributed by atoms with van der Waals surface area (Å²) < 4.78 is 0. The van der Waals surface area contributed by atoms with Crippen LogP contribution in [-0.2, 0) is 4.79 Å². The van der Waals surface area contributed by atoms with Crippen LogP contribution in [0.25, 0.3) is 0 Å². The highest BCUT2D eigenvalue weighted by atomic mass is 16.4. The molecule has 0 unspecified atom stereocenters. The quantitative estimate of drug-likeness (QED) is 0.586. The van der Waals surface area contributed by atoms with Crippen molar-refractivity contribution in [2.75, 3.05) is 0 Å². The first kappa shape index (κ1) is 9.14. The third-order valence-electron chi connectivity index (χ3n) is 1.51. The summed E-state index contributed by atoms with van der Waals surface area (Å²) in [6.45, 7) is 3.58. The van der Waals surface area contributed by atoms with Gasteiger partial charge in [0.15, 0.2) is 0 Å². The Kier molecular flexibility index (Phi) is 3.69. The monoisotopic (exact) mass is 143 g/mol. The lowest BCUT2D eigenvalue weighted by molar-refractivity contribution is -0.139. The number of carbonyl (C=O) groups is 1. The summed E-state index contributed by atoms with van der Waals surface area (Å²) in [5.41, 5.74) is 0.315. The zero-order valence-corrected chi connectivity index (χ0v) is 6.35. The number of aliphatic carboxylic acids is 1. The fraction of sp³-hybridized carbons (Fsp3) is 0.714. The van der Waals surface area contributed by atoms with Crippen LogP contribution in [0, 0.1) is 11.3 Å². The molecule has 0 aliphatic carbocycles. The van der Waals surface area contributed by atoms with Gasteiger partial charge in [-0.25, -0.2) is 0 Å². The van der Waals surface area contributed by atoms with Gasteiger partial charge in [0.05, 0.1) is 5.92 Å². The molecule has 0 aliphatic rings. The molecule has 1 atom stereocenters. The molecule has 3 nitrogen and oxygen atoms in total. The molecule has 0 spiro atoms. The van der Waals surface area contributed by atoms with Crippen LogP contribution in [0.3, 0.4) is 0 Å². The zero-order valence-electron chi connectivity index (χ0n) is 6.35. The van der Waals surface area contributed by atoms with E-state index < -0.39 is 11.9 Å². The van der Waals surface area contributed by atoms with Gasteiger partial charge in [0.1, 0.15) is 0 Å². The predicted octanol–water partition coefficient (Wildman–Crippen LogP) is 1.53. The summed E-state index contributed by atoms with van der Waals surface area (Å²) in [6, 6.07) is 0.